The summed E-state index contributed by atoms with van der Waals surface area (Å²) in [5.41, 5.74) is 3.22. The maximum absolute atomic E-state index is 14.5. The highest BCUT2D eigenvalue weighted by atomic mass is 16.5. The van der Waals surface area contributed by atoms with E-state index < -0.39 is 12.0 Å². The molecule has 38 heavy (non-hydrogen) atoms. The van der Waals surface area contributed by atoms with Crippen LogP contribution in [0.25, 0.3) is 0 Å². The Morgan fingerprint density at radius 2 is 1.82 bits per heavy atom. The Balaban J connectivity index is 1.89. The van der Waals surface area contributed by atoms with Crippen LogP contribution in [0.3, 0.4) is 0 Å². The standard InChI is InChI=1S/C33H44N2O3/c1-6-9-14-23(8-3)32(37)35-28-18-12-11-17-26(28)34-27-21-33(4,5)22-29(36)30(27)31(35)24-15-13-16-25(20-24)38-19-10-7-2/h11-13,15-18,20,23,30-31H,6-10,14,19,21-22H2,1-5H3/t23-,30-,31-/m1/s1. The third kappa shape index (κ3) is 6.03. The largest absolute Gasteiger partial charge is 0.494 e. The quantitative estimate of drug-likeness (QED) is 0.299. The minimum atomic E-state index is -0.478. The van der Waals surface area contributed by atoms with Crippen molar-refractivity contribution < 1.29 is 14.3 Å². The molecule has 1 amide bonds. The van der Waals surface area contributed by atoms with E-state index in [2.05, 4.69) is 34.6 Å². The molecule has 1 aliphatic carbocycles. The van der Waals surface area contributed by atoms with E-state index in [1.165, 1.54) is 0 Å². The summed E-state index contributed by atoms with van der Waals surface area (Å²) < 4.78 is 6.07. The van der Waals surface area contributed by atoms with Crippen LogP contribution in [-0.2, 0) is 9.59 Å². The van der Waals surface area contributed by atoms with Crippen LogP contribution in [0.2, 0.25) is 0 Å². The normalized spacial score (nSPS) is 21.1. The van der Waals surface area contributed by atoms with E-state index in [9.17, 15) is 9.59 Å². The number of ketones is 1. The molecule has 0 aromatic heterocycles. The van der Waals surface area contributed by atoms with Crippen LogP contribution >= 0.6 is 0 Å². The number of aliphatic imine (C=N–C) groups is 1. The van der Waals surface area contributed by atoms with Gasteiger partial charge in [-0.15, -0.1) is 0 Å². The number of fused-ring (bicyclic) bond motifs is 2. The second-order valence-corrected chi connectivity index (χ2v) is 11.7. The van der Waals surface area contributed by atoms with Gasteiger partial charge in [0.25, 0.3) is 0 Å². The van der Waals surface area contributed by atoms with E-state index in [0.717, 1.165) is 73.3 Å². The molecule has 0 saturated heterocycles. The molecule has 4 rings (SSSR count). The molecule has 5 nitrogen and oxygen atoms in total. The predicted molar refractivity (Wildman–Crippen MR) is 155 cm³/mol. The van der Waals surface area contributed by atoms with E-state index >= 15 is 0 Å². The fourth-order valence-electron chi connectivity index (χ4n) is 5.98. The molecule has 1 fully saturated rings. The van der Waals surface area contributed by atoms with Gasteiger partial charge in [-0.2, -0.15) is 0 Å². The second-order valence-electron chi connectivity index (χ2n) is 11.7. The third-order valence-electron chi connectivity index (χ3n) is 7.97. The summed E-state index contributed by atoms with van der Waals surface area (Å²) >= 11 is 0. The molecule has 0 spiro atoms. The SMILES string of the molecule is CCCCOc1cccc([C@@H]2[C@H]3C(=O)CC(C)(C)CC3=Nc3ccccc3N2C(=O)[C@H](CC)CCCC)c1. The van der Waals surface area contributed by atoms with Crippen LogP contribution in [0.4, 0.5) is 11.4 Å². The van der Waals surface area contributed by atoms with Crippen molar-refractivity contribution in [2.24, 2.45) is 22.2 Å². The first kappa shape index (κ1) is 28.1. The van der Waals surface area contributed by atoms with Crippen molar-refractivity contribution in [1.82, 2.24) is 0 Å². The Bertz CT molecular complexity index is 1170. The van der Waals surface area contributed by atoms with Crippen molar-refractivity contribution in [3.63, 3.8) is 0 Å². The molecular weight excluding hydrogens is 472 g/mol. The number of rotatable bonds is 10. The Kier molecular flexibility index (Phi) is 9.07. The summed E-state index contributed by atoms with van der Waals surface area (Å²) in [6, 6.07) is 15.5. The number of amides is 1. The maximum Gasteiger partial charge on any atom is 0.230 e. The summed E-state index contributed by atoms with van der Waals surface area (Å²) in [7, 11) is 0. The fourth-order valence-corrected chi connectivity index (χ4v) is 5.98. The van der Waals surface area contributed by atoms with Gasteiger partial charge in [0.15, 0.2) is 0 Å². The van der Waals surface area contributed by atoms with Crippen LogP contribution in [0.5, 0.6) is 5.75 Å². The Labute approximate surface area is 228 Å². The van der Waals surface area contributed by atoms with Gasteiger partial charge in [0, 0.05) is 18.1 Å². The van der Waals surface area contributed by atoms with Gasteiger partial charge in [0.1, 0.15) is 11.5 Å². The predicted octanol–water partition coefficient (Wildman–Crippen LogP) is 8.25. The number of Topliss-reactive ketones (excluding diaryl/α,β-unsaturated/α-hetero) is 1. The topological polar surface area (TPSA) is 59.0 Å². The lowest BCUT2D eigenvalue weighted by Gasteiger charge is -2.42. The summed E-state index contributed by atoms with van der Waals surface area (Å²) in [5.74, 6) is 0.445. The second kappa shape index (κ2) is 12.3. The molecule has 0 N–H and O–H groups in total. The summed E-state index contributed by atoms with van der Waals surface area (Å²) in [6.45, 7) is 11.3. The van der Waals surface area contributed by atoms with Crippen LogP contribution in [-0.4, -0.2) is 24.0 Å². The first-order chi connectivity index (χ1) is 18.3. The van der Waals surface area contributed by atoms with Crippen molar-refractivity contribution in [1.29, 1.82) is 0 Å². The zero-order valence-corrected chi connectivity index (χ0v) is 23.8. The minimum Gasteiger partial charge on any atom is -0.494 e. The minimum absolute atomic E-state index is 0.0878. The summed E-state index contributed by atoms with van der Waals surface area (Å²) in [4.78, 5) is 35.5. The molecule has 2 aromatic rings. The van der Waals surface area contributed by atoms with E-state index in [1.54, 1.807) is 0 Å². The van der Waals surface area contributed by atoms with Gasteiger partial charge < -0.3 is 9.64 Å². The molecule has 0 radical (unpaired) electrons. The molecule has 3 atom stereocenters. The number of carbonyl (C=O) groups is 2. The van der Waals surface area contributed by atoms with Gasteiger partial charge in [0.2, 0.25) is 5.91 Å². The number of benzene rings is 2. The van der Waals surface area contributed by atoms with Gasteiger partial charge in [-0.05, 0) is 60.9 Å². The molecule has 2 aliphatic rings. The van der Waals surface area contributed by atoms with Crippen molar-refractivity contribution in [2.45, 2.75) is 92.0 Å². The fraction of sp³-hybridized carbons (Fsp3) is 0.545. The van der Waals surface area contributed by atoms with Crippen molar-refractivity contribution in [3.05, 3.63) is 54.1 Å². The number of hydrogen-bond acceptors (Lipinski definition) is 4. The van der Waals surface area contributed by atoms with E-state index in [4.69, 9.17) is 9.73 Å². The maximum atomic E-state index is 14.5. The van der Waals surface area contributed by atoms with Crippen molar-refractivity contribution in [3.8, 4) is 5.75 Å². The highest BCUT2D eigenvalue weighted by Crippen LogP contribution is 2.49. The average molecular weight is 517 g/mol. The van der Waals surface area contributed by atoms with Gasteiger partial charge in [0.05, 0.1) is 29.9 Å². The number of carbonyl (C=O) groups excluding carboxylic acids is 2. The molecule has 0 bridgehead atoms. The molecule has 0 unspecified atom stereocenters. The molecular formula is C33H44N2O3. The summed E-state index contributed by atoms with van der Waals surface area (Å²) in [5, 5.41) is 0. The number of unbranched alkanes of at least 4 members (excludes halogenated alkanes) is 2. The number of ether oxygens (including phenoxy) is 1. The average Bonchev–Trinajstić information content (AvgIpc) is 3.03. The first-order valence-electron chi connectivity index (χ1n) is 14.5. The molecule has 1 aliphatic heterocycles. The van der Waals surface area contributed by atoms with Gasteiger partial charge >= 0.3 is 0 Å². The lowest BCUT2D eigenvalue weighted by atomic mass is 9.67. The molecule has 5 heteroatoms. The number of para-hydroxylation sites is 2. The zero-order chi connectivity index (χ0) is 27.3. The molecule has 204 valence electrons. The monoisotopic (exact) mass is 516 g/mol. The van der Waals surface area contributed by atoms with Gasteiger partial charge in [-0.1, -0.05) is 78.1 Å². The van der Waals surface area contributed by atoms with Crippen LogP contribution in [0.1, 0.15) is 97.6 Å². The Morgan fingerprint density at radius 1 is 1.05 bits per heavy atom. The smallest absolute Gasteiger partial charge is 0.230 e. The van der Waals surface area contributed by atoms with E-state index in [0.29, 0.717) is 13.0 Å². The first-order valence-corrected chi connectivity index (χ1v) is 14.5. The Hall–Kier alpha value is -2.95. The van der Waals surface area contributed by atoms with Crippen molar-refractivity contribution >= 4 is 28.8 Å². The number of hydrogen-bond donors (Lipinski definition) is 0. The number of nitrogens with zero attached hydrogens (tertiary/aromatic N) is 2. The van der Waals surface area contributed by atoms with Gasteiger partial charge in [-0.25, -0.2) is 0 Å². The lowest BCUT2D eigenvalue weighted by Crippen LogP contribution is -2.48. The van der Waals surface area contributed by atoms with Crippen molar-refractivity contribution in [2.75, 3.05) is 11.5 Å². The van der Waals surface area contributed by atoms with Crippen LogP contribution in [0.15, 0.2) is 53.5 Å². The molecule has 1 heterocycles. The van der Waals surface area contributed by atoms with Crippen LogP contribution in [0, 0.1) is 17.3 Å². The third-order valence-corrected chi connectivity index (χ3v) is 7.97. The highest BCUT2D eigenvalue weighted by molar-refractivity contribution is 6.13. The summed E-state index contributed by atoms with van der Waals surface area (Å²) in [6.07, 6.45) is 6.91. The molecule has 1 saturated carbocycles. The Morgan fingerprint density at radius 3 is 2.55 bits per heavy atom. The number of anilines is 1. The highest BCUT2D eigenvalue weighted by Gasteiger charge is 2.48. The lowest BCUT2D eigenvalue weighted by molar-refractivity contribution is -0.126. The van der Waals surface area contributed by atoms with E-state index in [1.807, 2.05) is 53.4 Å². The zero-order valence-electron chi connectivity index (χ0n) is 23.8. The van der Waals surface area contributed by atoms with E-state index in [-0.39, 0.29) is 23.0 Å². The van der Waals surface area contributed by atoms with Crippen LogP contribution < -0.4 is 9.64 Å². The molecule has 2 aromatic carbocycles. The van der Waals surface area contributed by atoms with Gasteiger partial charge in [-0.3, -0.25) is 14.6 Å².